The van der Waals surface area contributed by atoms with Crippen molar-refractivity contribution in [3.05, 3.63) is 62.7 Å². The molecule has 1 fully saturated rings. The van der Waals surface area contributed by atoms with Crippen molar-refractivity contribution < 1.29 is 14.6 Å². The zero-order valence-electron chi connectivity index (χ0n) is 13.9. The Bertz CT molecular complexity index is 998. The van der Waals surface area contributed by atoms with Crippen LogP contribution >= 0.6 is 18.6 Å². The van der Waals surface area contributed by atoms with E-state index in [-0.39, 0.29) is 17.9 Å². The number of nitro groups is 2. The summed E-state index contributed by atoms with van der Waals surface area (Å²) in [4.78, 5) is 21.6. The summed E-state index contributed by atoms with van der Waals surface area (Å²) in [5.74, 6) is 0.648. The van der Waals surface area contributed by atoms with Crippen molar-refractivity contribution in [3.63, 3.8) is 0 Å². The molecule has 0 spiro atoms. The first-order valence-electron chi connectivity index (χ1n) is 7.53. The van der Waals surface area contributed by atoms with Gasteiger partial charge in [-0.1, -0.05) is 12.2 Å². The molecule has 0 aromatic heterocycles. The number of rotatable bonds is 5. The summed E-state index contributed by atoms with van der Waals surface area (Å²) < 4.78 is 6.81. The quantitative estimate of drug-likeness (QED) is 0.335. The van der Waals surface area contributed by atoms with Gasteiger partial charge in [0.05, 0.1) is 29.6 Å². The molecule has 1 aliphatic rings. The monoisotopic (exact) mass is 424 g/mol. The van der Waals surface area contributed by atoms with Crippen molar-refractivity contribution in [2.75, 3.05) is 18.3 Å². The molecule has 140 valence electrons. The van der Waals surface area contributed by atoms with E-state index in [9.17, 15) is 20.2 Å². The molecule has 1 N–H and O–H groups in total. The van der Waals surface area contributed by atoms with Crippen LogP contribution in [-0.4, -0.2) is 28.5 Å². The summed E-state index contributed by atoms with van der Waals surface area (Å²) in [5, 5.41) is 26.4. The average molecular weight is 424 g/mol. The molecule has 9 nitrogen and oxygen atoms in total. The highest BCUT2D eigenvalue weighted by Gasteiger charge is 2.39. The SMILES string of the molecule is COc1ccc(P2(=S)NC(=S)CN2c2ccc([N+](=O)[O-])cc2[N+](=O)[O-])cc1. The van der Waals surface area contributed by atoms with Gasteiger partial charge in [0.2, 0.25) is 0 Å². The second kappa shape index (κ2) is 7.18. The maximum Gasteiger partial charge on any atom is 0.299 e. The van der Waals surface area contributed by atoms with E-state index >= 15 is 0 Å². The van der Waals surface area contributed by atoms with E-state index in [1.165, 1.54) is 12.1 Å². The Morgan fingerprint density at radius 1 is 1.15 bits per heavy atom. The second-order valence-corrected chi connectivity index (χ2v) is 10.0. The number of anilines is 1. The van der Waals surface area contributed by atoms with E-state index in [4.69, 9.17) is 28.8 Å². The third kappa shape index (κ3) is 3.48. The number of thiocarbonyl (C=S) groups is 1. The van der Waals surface area contributed by atoms with Gasteiger partial charge >= 0.3 is 0 Å². The lowest BCUT2D eigenvalue weighted by Gasteiger charge is -2.29. The maximum absolute atomic E-state index is 11.5. The predicted molar refractivity (Wildman–Crippen MR) is 110 cm³/mol. The summed E-state index contributed by atoms with van der Waals surface area (Å²) in [6.07, 6.45) is -2.70. The predicted octanol–water partition coefficient (Wildman–Crippen LogP) is 2.88. The number of non-ortho nitro benzene ring substituents is 1. The molecular formula is C15H13N4O5PS2. The van der Waals surface area contributed by atoms with Crippen LogP contribution in [0, 0.1) is 20.2 Å². The zero-order chi connectivity index (χ0) is 19.8. The largest absolute Gasteiger partial charge is 0.497 e. The molecule has 27 heavy (non-hydrogen) atoms. The molecule has 0 amide bonds. The fraction of sp³-hybridized carbons (Fsp3) is 0.133. The summed E-state index contributed by atoms with van der Waals surface area (Å²) in [5.41, 5.74) is -0.562. The van der Waals surface area contributed by atoms with E-state index in [0.717, 1.165) is 11.4 Å². The minimum absolute atomic E-state index is 0.192. The molecule has 3 rings (SSSR count). The van der Waals surface area contributed by atoms with Crippen LogP contribution in [0.5, 0.6) is 5.75 Å². The highest BCUT2D eigenvalue weighted by Crippen LogP contribution is 2.53. The van der Waals surface area contributed by atoms with Gasteiger partial charge in [0.15, 0.2) is 6.34 Å². The summed E-state index contributed by atoms with van der Waals surface area (Å²) in [6.45, 7) is 0.192. The number of ether oxygens (including phenoxy) is 1. The van der Waals surface area contributed by atoms with Crippen molar-refractivity contribution in [1.29, 1.82) is 0 Å². The van der Waals surface area contributed by atoms with E-state index in [2.05, 4.69) is 5.09 Å². The van der Waals surface area contributed by atoms with Crippen LogP contribution in [0.3, 0.4) is 0 Å². The molecule has 0 radical (unpaired) electrons. The van der Waals surface area contributed by atoms with Crippen LogP contribution < -0.4 is 19.8 Å². The number of nitrogens with zero attached hydrogens (tertiary/aromatic N) is 3. The van der Waals surface area contributed by atoms with Gasteiger partial charge in [-0.3, -0.25) is 20.2 Å². The summed E-state index contributed by atoms with van der Waals surface area (Å²) >= 11 is 11.1. The van der Waals surface area contributed by atoms with Gasteiger partial charge in [-0.2, -0.15) is 0 Å². The Kier molecular flexibility index (Phi) is 5.09. The Labute approximate surface area is 164 Å². The van der Waals surface area contributed by atoms with Crippen LogP contribution in [0.15, 0.2) is 42.5 Å². The average Bonchev–Trinajstić information content (AvgIpc) is 2.96. The van der Waals surface area contributed by atoms with Gasteiger partial charge in [0.25, 0.3) is 11.4 Å². The molecule has 1 saturated heterocycles. The minimum atomic E-state index is -2.70. The van der Waals surface area contributed by atoms with Crippen molar-refractivity contribution in [2.24, 2.45) is 0 Å². The van der Waals surface area contributed by atoms with Crippen molar-refractivity contribution in [2.45, 2.75) is 0 Å². The van der Waals surface area contributed by atoms with Gasteiger partial charge in [-0.05, 0) is 42.1 Å². The van der Waals surface area contributed by atoms with Crippen LogP contribution in [-0.2, 0) is 11.8 Å². The van der Waals surface area contributed by atoms with E-state index in [1.807, 2.05) is 0 Å². The number of nitro benzene ring substituents is 2. The number of hydrogen-bond donors (Lipinski definition) is 1. The van der Waals surface area contributed by atoms with E-state index < -0.39 is 21.9 Å². The molecule has 1 aliphatic heterocycles. The summed E-state index contributed by atoms with van der Waals surface area (Å²) in [6, 6.07) is 10.6. The highest BCUT2D eigenvalue weighted by atomic mass is 32.4. The molecular weight excluding hydrogens is 411 g/mol. The Balaban J connectivity index is 2.13. The zero-order valence-corrected chi connectivity index (χ0v) is 16.4. The lowest BCUT2D eigenvalue weighted by molar-refractivity contribution is -0.393. The van der Waals surface area contributed by atoms with Gasteiger partial charge in [-0.15, -0.1) is 0 Å². The lowest BCUT2D eigenvalue weighted by Crippen LogP contribution is -2.24. The lowest BCUT2D eigenvalue weighted by atomic mass is 10.2. The van der Waals surface area contributed by atoms with Crippen molar-refractivity contribution in [1.82, 2.24) is 5.09 Å². The Hall–Kier alpha value is -2.62. The molecule has 1 atom stereocenters. The van der Waals surface area contributed by atoms with Gasteiger partial charge in [0, 0.05) is 11.4 Å². The van der Waals surface area contributed by atoms with Gasteiger partial charge in [-0.25, -0.2) is 0 Å². The third-order valence-electron chi connectivity index (χ3n) is 3.98. The standard InChI is InChI=1S/C15H13N4O5PS2/c1-24-11-3-5-12(6-4-11)25(27)16-15(26)9-17(25)13-7-2-10(18(20)21)8-14(13)19(22)23/h2-8H,9H2,1H3,(H,16,26,27). The van der Waals surface area contributed by atoms with Gasteiger partial charge in [0.1, 0.15) is 16.4 Å². The number of hydrogen-bond acceptors (Lipinski definition) is 7. The summed E-state index contributed by atoms with van der Waals surface area (Å²) in [7, 11) is 1.54. The molecule has 1 heterocycles. The van der Waals surface area contributed by atoms with Crippen molar-refractivity contribution in [3.8, 4) is 5.75 Å². The normalized spacial score (nSPS) is 18.9. The highest BCUT2D eigenvalue weighted by molar-refractivity contribution is 8.18. The van der Waals surface area contributed by atoms with Crippen LogP contribution in [0.25, 0.3) is 0 Å². The number of methoxy groups -OCH3 is 1. The Morgan fingerprint density at radius 2 is 1.81 bits per heavy atom. The third-order valence-corrected chi connectivity index (χ3v) is 8.46. The fourth-order valence-electron chi connectivity index (χ4n) is 2.72. The second-order valence-electron chi connectivity index (χ2n) is 5.55. The Morgan fingerprint density at radius 3 is 2.37 bits per heavy atom. The minimum Gasteiger partial charge on any atom is -0.497 e. The first-order valence-corrected chi connectivity index (χ1v) is 10.7. The van der Waals surface area contributed by atoms with E-state index in [0.29, 0.717) is 10.7 Å². The molecule has 0 saturated carbocycles. The first kappa shape index (κ1) is 19.2. The van der Waals surface area contributed by atoms with Crippen molar-refractivity contribution >= 4 is 57.7 Å². The maximum atomic E-state index is 11.5. The number of nitrogens with one attached hydrogen (secondary N) is 1. The van der Waals surface area contributed by atoms with E-state index in [1.54, 1.807) is 36.0 Å². The molecule has 2 aromatic rings. The molecule has 0 bridgehead atoms. The molecule has 1 unspecified atom stereocenters. The first-order chi connectivity index (χ1) is 12.8. The molecule has 2 aromatic carbocycles. The molecule has 12 heteroatoms. The van der Waals surface area contributed by atoms with Crippen LogP contribution in [0.2, 0.25) is 0 Å². The van der Waals surface area contributed by atoms with Crippen LogP contribution in [0.1, 0.15) is 0 Å². The smallest absolute Gasteiger partial charge is 0.299 e. The van der Waals surface area contributed by atoms with Gasteiger partial charge < -0.3 is 14.5 Å². The number of benzene rings is 2. The van der Waals surface area contributed by atoms with Crippen LogP contribution in [0.4, 0.5) is 17.1 Å². The topological polar surface area (TPSA) is 111 Å². The molecule has 0 aliphatic carbocycles. The fourth-order valence-corrected chi connectivity index (χ4v) is 6.95.